The van der Waals surface area contributed by atoms with E-state index in [-0.39, 0.29) is 26.0 Å². The number of aromatic nitrogens is 1. The van der Waals surface area contributed by atoms with Crippen molar-refractivity contribution in [3.63, 3.8) is 0 Å². The molecule has 2 heterocycles. The Morgan fingerprint density at radius 1 is 1.27 bits per heavy atom. The van der Waals surface area contributed by atoms with E-state index in [2.05, 4.69) is 4.98 Å². The van der Waals surface area contributed by atoms with E-state index in [9.17, 15) is 13.6 Å². The van der Waals surface area contributed by atoms with Gasteiger partial charge in [0.2, 0.25) is 5.92 Å². The van der Waals surface area contributed by atoms with Crippen LogP contribution in [0.3, 0.4) is 0 Å². The Bertz CT molecular complexity index is 811. The number of benzene rings is 1. The van der Waals surface area contributed by atoms with Crippen molar-refractivity contribution in [1.82, 2.24) is 4.98 Å². The van der Waals surface area contributed by atoms with Crippen LogP contribution in [0.4, 0.5) is 14.6 Å². The monoisotopic (exact) mass is 364 g/mol. The summed E-state index contributed by atoms with van der Waals surface area (Å²) in [6, 6.07) is 7.06. The van der Waals surface area contributed by atoms with Crippen molar-refractivity contribution in [2.24, 2.45) is 0 Å². The molecule has 0 bridgehead atoms. The number of fused-ring (bicyclic) bond motifs is 1. The Kier molecular flexibility index (Phi) is 5.25. The van der Waals surface area contributed by atoms with Gasteiger partial charge in [0.25, 0.3) is 0 Å². The van der Waals surface area contributed by atoms with E-state index < -0.39 is 11.9 Å². The van der Waals surface area contributed by atoms with Gasteiger partial charge in [-0.3, -0.25) is 0 Å². The molecule has 1 aromatic heterocycles. The third-order valence-electron chi connectivity index (χ3n) is 4.52. The summed E-state index contributed by atoms with van der Waals surface area (Å²) in [5, 5.41) is 0.762. The average Bonchev–Trinajstić information content (AvgIpc) is 2.80. The molecule has 0 spiro atoms. The van der Waals surface area contributed by atoms with Crippen LogP contribution in [0.1, 0.15) is 36.5 Å². The second-order valence-corrected chi connectivity index (χ2v) is 6.34. The van der Waals surface area contributed by atoms with Gasteiger partial charge in [0.05, 0.1) is 19.2 Å². The number of carbonyl (C=O) groups is 1. The molecule has 7 heteroatoms. The number of ether oxygens (including phenoxy) is 2. The highest BCUT2D eigenvalue weighted by molar-refractivity contribution is 5.99. The number of alkyl halides is 2. The zero-order valence-electron chi connectivity index (χ0n) is 14.9. The quantitative estimate of drug-likeness (QED) is 0.766. The molecule has 1 aliphatic rings. The fraction of sp³-hybridized carbons (Fsp3) is 0.474. The summed E-state index contributed by atoms with van der Waals surface area (Å²) in [5.41, 5.74) is 0.943. The van der Waals surface area contributed by atoms with Crippen LogP contribution in [0.15, 0.2) is 24.3 Å². The summed E-state index contributed by atoms with van der Waals surface area (Å²) in [6.45, 7) is 2.52. The second kappa shape index (κ2) is 7.43. The number of esters is 1. The van der Waals surface area contributed by atoms with Gasteiger partial charge in [-0.1, -0.05) is 0 Å². The van der Waals surface area contributed by atoms with E-state index >= 15 is 0 Å². The van der Waals surface area contributed by atoms with Gasteiger partial charge in [0.15, 0.2) is 0 Å². The third kappa shape index (κ3) is 3.86. The van der Waals surface area contributed by atoms with Crippen molar-refractivity contribution < 1.29 is 23.0 Å². The Labute approximate surface area is 150 Å². The van der Waals surface area contributed by atoms with Crippen LogP contribution >= 0.6 is 0 Å². The molecule has 0 aliphatic carbocycles. The first-order valence-electron chi connectivity index (χ1n) is 8.72. The maximum atomic E-state index is 13.7. The van der Waals surface area contributed by atoms with Crippen LogP contribution in [0.2, 0.25) is 0 Å². The number of anilines is 1. The average molecular weight is 364 g/mol. The SMILES string of the molecule is CCOC(=O)c1cc2ccc(OC)cc2nc1N1CCCC(F)(F)CC1. The lowest BCUT2D eigenvalue weighted by atomic mass is 10.1. The summed E-state index contributed by atoms with van der Waals surface area (Å²) in [4.78, 5) is 18.8. The highest BCUT2D eigenvalue weighted by Gasteiger charge is 2.33. The minimum atomic E-state index is -2.68. The Balaban J connectivity index is 2.07. The number of halogens is 2. The van der Waals surface area contributed by atoms with Crippen molar-refractivity contribution in [2.75, 3.05) is 31.7 Å². The van der Waals surface area contributed by atoms with Crippen LogP contribution in [-0.2, 0) is 4.74 Å². The molecular formula is C19H22F2N2O3. The standard InChI is InChI=1S/C19H22F2N2O3/c1-3-26-18(24)15-11-13-5-6-14(25-2)12-16(13)22-17(15)23-9-4-7-19(20,21)8-10-23/h5-6,11-12H,3-4,7-10H2,1-2H3. The zero-order valence-corrected chi connectivity index (χ0v) is 14.9. The van der Waals surface area contributed by atoms with Gasteiger partial charge in [0.1, 0.15) is 17.1 Å². The van der Waals surface area contributed by atoms with E-state index in [0.717, 1.165) is 5.39 Å². The molecule has 0 saturated carbocycles. The topological polar surface area (TPSA) is 51.7 Å². The number of carbonyl (C=O) groups excluding carboxylic acids is 1. The number of hydrogen-bond donors (Lipinski definition) is 0. The third-order valence-corrected chi connectivity index (χ3v) is 4.52. The van der Waals surface area contributed by atoms with Gasteiger partial charge in [-0.05, 0) is 31.5 Å². The van der Waals surface area contributed by atoms with Crippen LogP contribution in [0, 0.1) is 0 Å². The molecule has 1 aromatic carbocycles. The van der Waals surface area contributed by atoms with Gasteiger partial charge in [0, 0.05) is 37.4 Å². The van der Waals surface area contributed by atoms with E-state index in [1.54, 1.807) is 37.1 Å². The second-order valence-electron chi connectivity index (χ2n) is 6.34. The van der Waals surface area contributed by atoms with Crippen LogP contribution in [0.5, 0.6) is 5.75 Å². The molecule has 26 heavy (non-hydrogen) atoms. The molecule has 3 rings (SSSR count). The first-order chi connectivity index (χ1) is 12.4. The lowest BCUT2D eigenvalue weighted by Gasteiger charge is -2.24. The fourth-order valence-corrected chi connectivity index (χ4v) is 3.14. The maximum Gasteiger partial charge on any atom is 0.341 e. The van der Waals surface area contributed by atoms with E-state index in [1.165, 1.54) is 0 Å². The smallest absolute Gasteiger partial charge is 0.341 e. The summed E-state index contributed by atoms with van der Waals surface area (Å²) in [7, 11) is 1.56. The Hall–Kier alpha value is -2.44. The van der Waals surface area contributed by atoms with Gasteiger partial charge in [-0.25, -0.2) is 18.6 Å². The summed E-state index contributed by atoms with van der Waals surface area (Å²) in [5.74, 6) is -2.15. The summed E-state index contributed by atoms with van der Waals surface area (Å²) in [6.07, 6.45) is -0.0696. The number of pyridine rings is 1. The lowest BCUT2D eigenvalue weighted by molar-refractivity contribution is -0.0102. The van der Waals surface area contributed by atoms with Crippen LogP contribution < -0.4 is 9.64 Å². The minimum absolute atomic E-state index is 0.141. The molecule has 5 nitrogen and oxygen atoms in total. The van der Waals surface area contributed by atoms with Gasteiger partial charge < -0.3 is 14.4 Å². The van der Waals surface area contributed by atoms with E-state index in [4.69, 9.17) is 9.47 Å². The number of methoxy groups -OCH3 is 1. The molecule has 0 amide bonds. The number of hydrogen-bond acceptors (Lipinski definition) is 5. The van der Waals surface area contributed by atoms with Crippen LogP contribution in [-0.4, -0.2) is 43.7 Å². The highest BCUT2D eigenvalue weighted by atomic mass is 19.3. The predicted molar refractivity (Wildman–Crippen MR) is 95.3 cm³/mol. The van der Waals surface area contributed by atoms with E-state index in [1.807, 2.05) is 6.07 Å². The van der Waals surface area contributed by atoms with Gasteiger partial charge in [-0.15, -0.1) is 0 Å². The van der Waals surface area contributed by atoms with Crippen molar-refractivity contribution in [3.05, 3.63) is 29.8 Å². The molecule has 0 atom stereocenters. The fourth-order valence-electron chi connectivity index (χ4n) is 3.14. The Morgan fingerprint density at radius 2 is 2.08 bits per heavy atom. The molecular weight excluding hydrogens is 342 g/mol. The predicted octanol–water partition coefficient (Wildman–Crippen LogP) is 4.05. The first-order valence-corrected chi connectivity index (χ1v) is 8.72. The van der Waals surface area contributed by atoms with Gasteiger partial charge >= 0.3 is 5.97 Å². The molecule has 1 saturated heterocycles. The molecule has 140 valence electrons. The molecule has 1 aliphatic heterocycles. The highest BCUT2D eigenvalue weighted by Crippen LogP contribution is 2.32. The maximum absolute atomic E-state index is 13.7. The summed E-state index contributed by atoms with van der Waals surface area (Å²) < 4.78 is 37.8. The molecule has 0 N–H and O–H groups in total. The molecule has 0 radical (unpaired) electrons. The van der Waals surface area contributed by atoms with Crippen molar-refractivity contribution in [1.29, 1.82) is 0 Å². The zero-order chi connectivity index (χ0) is 18.7. The Morgan fingerprint density at radius 3 is 2.81 bits per heavy atom. The minimum Gasteiger partial charge on any atom is -0.497 e. The number of nitrogens with zero attached hydrogens (tertiary/aromatic N) is 2. The van der Waals surface area contributed by atoms with Crippen molar-refractivity contribution >= 4 is 22.7 Å². The largest absolute Gasteiger partial charge is 0.497 e. The first kappa shape index (κ1) is 18.4. The molecule has 0 unspecified atom stereocenters. The molecule has 2 aromatic rings. The van der Waals surface area contributed by atoms with Crippen molar-refractivity contribution in [2.45, 2.75) is 32.1 Å². The van der Waals surface area contributed by atoms with Crippen molar-refractivity contribution in [3.8, 4) is 5.75 Å². The molecule has 1 fully saturated rings. The lowest BCUT2D eigenvalue weighted by Crippen LogP contribution is -2.28. The van der Waals surface area contributed by atoms with Gasteiger partial charge in [-0.2, -0.15) is 0 Å². The normalized spacial score (nSPS) is 17.0. The van der Waals surface area contributed by atoms with E-state index in [0.29, 0.717) is 35.6 Å². The van der Waals surface area contributed by atoms with Crippen LogP contribution in [0.25, 0.3) is 10.9 Å². The number of rotatable bonds is 4. The summed E-state index contributed by atoms with van der Waals surface area (Å²) >= 11 is 0.